The Balaban J connectivity index is 1.61. The van der Waals surface area contributed by atoms with E-state index in [1.165, 1.54) is 11.8 Å². The number of carbonyl (C=O) groups is 1. The third-order valence-electron chi connectivity index (χ3n) is 5.04. The number of fused-ring (bicyclic) bond motifs is 1. The molecule has 1 heterocycles. The second-order valence-corrected chi connectivity index (χ2v) is 8.85. The average Bonchev–Trinajstić information content (AvgIpc) is 2.81. The van der Waals surface area contributed by atoms with E-state index in [4.69, 9.17) is 16.3 Å². The molecule has 1 aromatic heterocycles. The standard InChI is InChI=1S/C25H22ClN3O3S/c1-16-7-12-22(32-2)21(13-16)27-23(30)15-33-25-28-20-6-4-3-5-19(20)24(31)29(25)14-17-8-10-18(26)11-9-17/h3-13H,14-15H2,1-2H3,(H,27,30). The van der Waals surface area contributed by atoms with Crippen molar-refractivity contribution in [2.45, 2.75) is 18.6 Å². The number of nitrogens with zero attached hydrogens (tertiary/aromatic N) is 2. The smallest absolute Gasteiger partial charge is 0.262 e. The van der Waals surface area contributed by atoms with E-state index in [2.05, 4.69) is 10.3 Å². The Morgan fingerprint density at radius 1 is 1.12 bits per heavy atom. The van der Waals surface area contributed by atoms with Gasteiger partial charge in [0, 0.05) is 5.02 Å². The second-order valence-electron chi connectivity index (χ2n) is 7.47. The fourth-order valence-corrected chi connectivity index (χ4v) is 4.33. The minimum absolute atomic E-state index is 0.0858. The van der Waals surface area contributed by atoms with Gasteiger partial charge in [-0.15, -0.1) is 0 Å². The molecule has 0 saturated carbocycles. The van der Waals surface area contributed by atoms with E-state index < -0.39 is 0 Å². The minimum Gasteiger partial charge on any atom is -0.495 e. The van der Waals surface area contributed by atoms with Crippen LogP contribution in [0.25, 0.3) is 10.9 Å². The van der Waals surface area contributed by atoms with Crippen LogP contribution in [0.4, 0.5) is 5.69 Å². The molecule has 0 spiro atoms. The number of benzene rings is 3. The number of thioether (sulfide) groups is 1. The van der Waals surface area contributed by atoms with Gasteiger partial charge >= 0.3 is 0 Å². The molecule has 33 heavy (non-hydrogen) atoms. The summed E-state index contributed by atoms with van der Waals surface area (Å²) in [5, 5.41) is 4.52. The quantitative estimate of drug-likeness (QED) is 0.293. The van der Waals surface area contributed by atoms with Crippen molar-refractivity contribution in [3.63, 3.8) is 0 Å². The van der Waals surface area contributed by atoms with E-state index in [1.807, 2.05) is 49.4 Å². The Morgan fingerprint density at radius 2 is 1.88 bits per heavy atom. The first-order chi connectivity index (χ1) is 15.9. The van der Waals surface area contributed by atoms with Crippen LogP contribution in [0.15, 0.2) is 76.7 Å². The molecular formula is C25H22ClN3O3S. The van der Waals surface area contributed by atoms with Gasteiger partial charge in [0.2, 0.25) is 5.91 Å². The number of hydrogen-bond donors (Lipinski definition) is 1. The van der Waals surface area contributed by atoms with E-state index in [0.717, 1.165) is 11.1 Å². The van der Waals surface area contributed by atoms with Crippen LogP contribution in [0, 0.1) is 6.92 Å². The molecule has 0 atom stereocenters. The van der Waals surface area contributed by atoms with Crippen molar-refractivity contribution in [2.75, 3.05) is 18.2 Å². The number of para-hydroxylation sites is 1. The summed E-state index contributed by atoms with van der Waals surface area (Å²) in [4.78, 5) is 30.6. The topological polar surface area (TPSA) is 73.2 Å². The summed E-state index contributed by atoms with van der Waals surface area (Å²) in [5.41, 5.74) is 2.96. The number of halogens is 1. The molecule has 0 fully saturated rings. The highest BCUT2D eigenvalue weighted by atomic mass is 35.5. The maximum Gasteiger partial charge on any atom is 0.262 e. The van der Waals surface area contributed by atoms with Gasteiger partial charge in [-0.3, -0.25) is 14.2 Å². The summed E-state index contributed by atoms with van der Waals surface area (Å²) in [6, 6.07) is 20.1. The Kier molecular flexibility index (Phi) is 7.01. The van der Waals surface area contributed by atoms with Gasteiger partial charge in [-0.1, -0.05) is 53.7 Å². The Morgan fingerprint density at radius 3 is 2.64 bits per heavy atom. The Bertz CT molecular complexity index is 1370. The molecule has 0 aliphatic carbocycles. The van der Waals surface area contributed by atoms with Crippen molar-refractivity contribution in [1.29, 1.82) is 0 Å². The third kappa shape index (κ3) is 5.38. The minimum atomic E-state index is -0.218. The lowest BCUT2D eigenvalue weighted by Gasteiger charge is -2.14. The van der Waals surface area contributed by atoms with E-state index in [9.17, 15) is 9.59 Å². The van der Waals surface area contributed by atoms with Gasteiger partial charge < -0.3 is 10.1 Å². The molecule has 1 amide bonds. The van der Waals surface area contributed by atoms with Gasteiger partial charge in [0.1, 0.15) is 5.75 Å². The van der Waals surface area contributed by atoms with Crippen LogP contribution in [-0.4, -0.2) is 28.3 Å². The zero-order chi connectivity index (χ0) is 23.4. The number of hydrogen-bond acceptors (Lipinski definition) is 5. The maximum absolute atomic E-state index is 13.2. The van der Waals surface area contributed by atoms with Crippen molar-refractivity contribution in [3.05, 3.63) is 93.2 Å². The van der Waals surface area contributed by atoms with Crippen LogP contribution in [0.2, 0.25) is 5.02 Å². The van der Waals surface area contributed by atoms with Crippen molar-refractivity contribution >= 4 is 45.9 Å². The van der Waals surface area contributed by atoms with E-state index >= 15 is 0 Å². The molecule has 0 unspecified atom stereocenters. The Hall–Kier alpha value is -3.29. The monoisotopic (exact) mass is 479 g/mol. The molecule has 4 aromatic rings. The van der Waals surface area contributed by atoms with Gasteiger partial charge in [0.15, 0.2) is 5.16 Å². The van der Waals surface area contributed by atoms with Crippen molar-refractivity contribution < 1.29 is 9.53 Å². The molecule has 168 valence electrons. The number of anilines is 1. The lowest BCUT2D eigenvalue weighted by molar-refractivity contribution is -0.113. The molecule has 0 saturated heterocycles. The second kappa shape index (κ2) is 10.1. The lowest BCUT2D eigenvalue weighted by atomic mass is 10.2. The third-order valence-corrected chi connectivity index (χ3v) is 6.27. The molecule has 0 aliphatic rings. The number of aromatic nitrogens is 2. The van der Waals surface area contributed by atoms with Crippen LogP contribution >= 0.6 is 23.4 Å². The van der Waals surface area contributed by atoms with Crippen molar-refractivity contribution in [2.24, 2.45) is 0 Å². The number of aryl methyl sites for hydroxylation is 1. The number of ether oxygens (including phenoxy) is 1. The molecule has 0 radical (unpaired) electrons. The summed E-state index contributed by atoms with van der Waals surface area (Å²) < 4.78 is 6.93. The predicted molar refractivity (Wildman–Crippen MR) is 134 cm³/mol. The van der Waals surface area contributed by atoms with Crippen LogP contribution in [0.1, 0.15) is 11.1 Å². The number of methoxy groups -OCH3 is 1. The summed E-state index contributed by atoms with van der Waals surface area (Å²) in [6.07, 6.45) is 0. The number of nitrogens with one attached hydrogen (secondary N) is 1. The first kappa shape index (κ1) is 22.9. The number of carbonyl (C=O) groups excluding carboxylic acids is 1. The maximum atomic E-state index is 13.2. The SMILES string of the molecule is COc1ccc(C)cc1NC(=O)CSc1nc2ccccc2c(=O)n1Cc1ccc(Cl)cc1. The first-order valence-corrected chi connectivity index (χ1v) is 11.6. The van der Waals surface area contributed by atoms with Crippen molar-refractivity contribution in [1.82, 2.24) is 9.55 Å². The number of amides is 1. The normalized spacial score (nSPS) is 10.9. The molecule has 4 rings (SSSR count). The molecule has 3 aromatic carbocycles. The fourth-order valence-electron chi connectivity index (χ4n) is 3.41. The summed E-state index contributed by atoms with van der Waals surface area (Å²) in [7, 11) is 1.56. The van der Waals surface area contributed by atoms with Crippen LogP contribution in [-0.2, 0) is 11.3 Å². The van der Waals surface area contributed by atoms with Gasteiger partial charge in [0.05, 0.1) is 36.0 Å². The summed E-state index contributed by atoms with van der Waals surface area (Å²) in [5.74, 6) is 0.453. The van der Waals surface area contributed by atoms with E-state index in [1.54, 1.807) is 35.9 Å². The zero-order valence-corrected chi connectivity index (χ0v) is 19.7. The number of rotatable bonds is 7. The highest BCUT2D eigenvalue weighted by Crippen LogP contribution is 2.26. The largest absolute Gasteiger partial charge is 0.495 e. The highest BCUT2D eigenvalue weighted by molar-refractivity contribution is 7.99. The van der Waals surface area contributed by atoms with Crippen LogP contribution in [0.5, 0.6) is 5.75 Å². The highest BCUT2D eigenvalue weighted by Gasteiger charge is 2.15. The predicted octanol–water partition coefficient (Wildman–Crippen LogP) is 5.15. The fraction of sp³-hybridized carbons (Fsp3) is 0.160. The van der Waals surface area contributed by atoms with E-state index in [-0.39, 0.29) is 17.2 Å². The van der Waals surface area contributed by atoms with Gasteiger partial charge in [-0.2, -0.15) is 0 Å². The van der Waals surface area contributed by atoms with E-state index in [0.29, 0.717) is 39.1 Å². The van der Waals surface area contributed by atoms with Crippen LogP contribution < -0.4 is 15.6 Å². The summed E-state index contributed by atoms with van der Waals surface area (Å²) in [6.45, 7) is 2.27. The van der Waals surface area contributed by atoms with Crippen molar-refractivity contribution in [3.8, 4) is 5.75 Å². The first-order valence-electron chi connectivity index (χ1n) is 10.3. The summed E-state index contributed by atoms with van der Waals surface area (Å²) >= 11 is 7.22. The zero-order valence-electron chi connectivity index (χ0n) is 18.2. The molecule has 8 heteroatoms. The molecular weight excluding hydrogens is 458 g/mol. The lowest BCUT2D eigenvalue weighted by Crippen LogP contribution is -2.25. The van der Waals surface area contributed by atoms with Gasteiger partial charge in [-0.25, -0.2) is 4.98 Å². The molecule has 6 nitrogen and oxygen atoms in total. The molecule has 1 N–H and O–H groups in total. The average molecular weight is 480 g/mol. The Labute approximate surface area is 200 Å². The molecule has 0 bridgehead atoms. The van der Waals surface area contributed by atoms with Crippen LogP contribution in [0.3, 0.4) is 0 Å². The van der Waals surface area contributed by atoms with Gasteiger partial charge in [-0.05, 0) is 54.4 Å². The molecule has 0 aliphatic heterocycles. The van der Waals surface area contributed by atoms with Gasteiger partial charge in [0.25, 0.3) is 5.56 Å².